The molecule has 2 rings (SSSR count). The predicted molar refractivity (Wildman–Crippen MR) is 92.0 cm³/mol. The molecule has 0 bridgehead atoms. The average molecular weight is 387 g/mol. The summed E-state index contributed by atoms with van der Waals surface area (Å²) >= 11 is 3.39. The fraction of sp³-hybridized carbons (Fsp3) is 0.375. The Labute approximate surface area is 138 Å². The molecule has 0 heterocycles. The van der Waals surface area contributed by atoms with Crippen LogP contribution in [-0.4, -0.2) is 14.9 Å². The Bertz CT molecular complexity index is 768. The lowest BCUT2D eigenvalue weighted by Gasteiger charge is -2.31. The lowest BCUT2D eigenvalue weighted by molar-refractivity contribution is 0.0843. The summed E-state index contributed by atoms with van der Waals surface area (Å²) in [4.78, 5) is 19.4. The molecule has 3 N–H and O–H groups in total. The molecule has 0 aliphatic rings. The lowest BCUT2D eigenvalue weighted by atomic mass is 9.92. The van der Waals surface area contributed by atoms with Gasteiger partial charge in [0, 0.05) is 10.0 Å². The zero-order chi connectivity index (χ0) is 16.7. The molecule has 4 nitrogen and oxygen atoms in total. The standard InChI is InChI=1S/C16H20BrO4P/c1-4-12-13-8-10(3)6-7-11(13)9-14(17)15(12)16(18,5-2)22(19,20)21/h6-9,18H,4-5H2,1-3H3,(H2,19,20,21). The van der Waals surface area contributed by atoms with Gasteiger partial charge in [-0.05, 0) is 42.2 Å². The minimum Gasteiger partial charge on any atom is -0.373 e. The summed E-state index contributed by atoms with van der Waals surface area (Å²) in [6.45, 7) is 5.46. The molecule has 0 radical (unpaired) electrons. The summed E-state index contributed by atoms with van der Waals surface area (Å²) in [5, 5.41) is 10.5. The van der Waals surface area contributed by atoms with E-state index in [-0.39, 0.29) is 6.42 Å². The third-order valence-corrected chi connectivity index (χ3v) is 6.21. The van der Waals surface area contributed by atoms with Gasteiger partial charge in [-0.2, -0.15) is 0 Å². The maximum absolute atomic E-state index is 11.9. The molecule has 2 aromatic carbocycles. The summed E-state index contributed by atoms with van der Waals surface area (Å²) in [6, 6.07) is 7.75. The SMILES string of the molecule is CCc1c(C(O)(CC)P(=O)(O)O)c(Br)cc2ccc(C)cc12. The lowest BCUT2D eigenvalue weighted by Crippen LogP contribution is -2.27. The van der Waals surface area contributed by atoms with Crippen LogP contribution in [0.15, 0.2) is 28.7 Å². The van der Waals surface area contributed by atoms with Gasteiger partial charge < -0.3 is 14.9 Å². The van der Waals surface area contributed by atoms with Crippen molar-refractivity contribution >= 4 is 34.3 Å². The van der Waals surface area contributed by atoms with Crippen molar-refractivity contribution in [3.63, 3.8) is 0 Å². The van der Waals surface area contributed by atoms with E-state index in [4.69, 9.17) is 0 Å². The van der Waals surface area contributed by atoms with E-state index < -0.39 is 12.9 Å². The predicted octanol–water partition coefficient (Wildman–Crippen LogP) is 4.21. The Hall–Kier alpha value is -0.710. The fourth-order valence-electron chi connectivity index (χ4n) is 2.87. The highest BCUT2D eigenvalue weighted by atomic mass is 79.9. The molecular weight excluding hydrogens is 367 g/mol. The molecule has 1 unspecified atom stereocenters. The Kier molecular flexibility index (Phi) is 4.86. The van der Waals surface area contributed by atoms with E-state index >= 15 is 0 Å². The Morgan fingerprint density at radius 2 is 1.86 bits per heavy atom. The van der Waals surface area contributed by atoms with Gasteiger partial charge in [0.1, 0.15) is 0 Å². The normalized spacial score (nSPS) is 15.0. The van der Waals surface area contributed by atoms with Crippen molar-refractivity contribution in [1.82, 2.24) is 0 Å². The highest BCUT2D eigenvalue weighted by Gasteiger charge is 2.47. The van der Waals surface area contributed by atoms with E-state index in [1.54, 1.807) is 13.0 Å². The molecule has 0 spiro atoms. The molecule has 22 heavy (non-hydrogen) atoms. The maximum atomic E-state index is 11.9. The zero-order valence-electron chi connectivity index (χ0n) is 12.8. The van der Waals surface area contributed by atoms with Crippen LogP contribution < -0.4 is 0 Å². The number of aryl methyl sites for hydroxylation is 2. The molecule has 0 aliphatic heterocycles. The van der Waals surface area contributed by atoms with Crippen LogP contribution in [0.1, 0.15) is 37.0 Å². The second-order valence-corrected chi connectivity index (χ2v) is 8.19. The molecule has 0 amide bonds. The van der Waals surface area contributed by atoms with Crippen LogP contribution in [0.25, 0.3) is 10.8 Å². The number of fused-ring (bicyclic) bond motifs is 1. The number of benzene rings is 2. The summed E-state index contributed by atoms with van der Waals surface area (Å²) in [6.07, 6.45) is 0.497. The van der Waals surface area contributed by atoms with E-state index in [2.05, 4.69) is 15.9 Å². The molecule has 120 valence electrons. The van der Waals surface area contributed by atoms with Gasteiger partial charge in [0.05, 0.1) is 0 Å². The molecular formula is C16H20BrO4P. The third-order valence-electron chi connectivity index (χ3n) is 4.09. The monoisotopic (exact) mass is 386 g/mol. The van der Waals surface area contributed by atoms with Crippen LogP contribution in [-0.2, 0) is 16.3 Å². The van der Waals surface area contributed by atoms with Gasteiger partial charge in [0.25, 0.3) is 0 Å². The van der Waals surface area contributed by atoms with Gasteiger partial charge in [-0.25, -0.2) is 0 Å². The van der Waals surface area contributed by atoms with Crippen molar-refractivity contribution in [3.8, 4) is 0 Å². The van der Waals surface area contributed by atoms with E-state index in [9.17, 15) is 19.5 Å². The van der Waals surface area contributed by atoms with E-state index in [1.807, 2.05) is 32.0 Å². The van der Waals surface area contributed by atoms with Gasteiger partial charge in [-0.1, -0.05) is 53.5 Å². The highest BCUT2D eigenvalue weighted by molar-refractivity contribution is 9.10. The largest absolute Gasteiger partial charge is 0.373 e. The number of hydrogen-bond donors (Lipinski definition) is 3. The first-order chi connectivity index (χ1) is 10.2. The third kappa shape index (κ3) is 2.77. The van der Waals surface area contributed by atoms with Gasteiger partial charge in [0.15, 0.2) is 5.34 Å². The number of halogens is 1. The first kappa shape index (κ1) is 17.6. The molecule has 0 aromatic heterocycles. The van der Waals surface area contributed by atoms with Gasteiger partial charge in [-0.3, -0.25) is 4.57 Å². The summed E-state index contributed by atoms with van der Waals surface area (Å²) in [5.41, 5.74) is 2.12. The molecule has 6 heteroatoms. The van der Waals surface area contributed by atoms with Gasteiger partial charge in [-0.15, -0.1) is 0 Å². The minimum atomic E-state index is -4.74. The Morgan fingerprint density at radius 3 is 2.36 bits per heavy atom. The first-order valence-electron chi connectivity index (χ1n) is 7.16. The summed E-state index contributed by atoms with van der Waals surface area (Å²) in [5.74, 6) is 0. The average Bonchev–Trinajstić information content (AvgIpc) is 2.44. The smallest absolute Gasteiger partial charge is 0.361 e. The topological polar surface area (TPSA) is 77.8 Å². The molecule has 1 atom stereocenters. The van der Waals surface area contributed by atoms with Crippen LogP contribution in [0, 0.1) is 6.92 Å². The van der Waals surface area contributed by atoms with E-state index in [1.165, 1.54) is 0 Å². The van der Waals surface area contributed by atoms with Gasteiger partial charge >= 0.3 is 7.60 Å². The maximum Gasteiger partial charge on any atom is 0.361 e. The fourth-order valence-corrected chi connectivity index (χ4v) is 4.80. The van der Waals surface area contributed by atoms with E-state index in [0.29, 0.717) is 16.5 Å². The first-order valence-corrected chi connectivity index (χ1v) is 9.56. The second kappa shape index (κ2) is 6.06. The molecule has 0 saturated heterocycles. The van der Waals surface area contributed by atoms with Gasteiger partial charge in [0.2, 0.25) is 0 Å². The van der Waals surface area contributed by atoms with Crippen molar-refractivity contribution in [2.24, 2.45) is 0 Å². The Morgan fingerprint density at radius 1 is 1.23 bits per heavy atom. The number of rotatable bonds is 4. The minimum absolute atomic E-state index is 0.0692. The molecule has 2 aromatic rings. The number of aliphatic hydroxyl groups is 1. The van der Waals surface area contributed by atoms with Crippen LogP contribution in [0.4, 0.5) is 0 Å². The van der Waals surface area contributed by atoms with Crippen LogP contribution in [0.3, 0.4) is 0 Å². The molecule has 0 aliphatic carbocycles. The van der Waals surface area contributed by atoms with Crippen LogP contribution >= 0.6 is 23.5 Å². The van der Waals surface area contributed by atoms with Crippen LogP contribution in [0.2, 0.25) is 0 Å². The van der Waals surface area contributed by atoms with Crippen molar-refractivity contribution in [1.29, 1.82) is 0 Å². The molecule has 0 fully saturated rings. The summed E-state index contributed by atoms with van der Waals surface area (Å²) < 4.78 is 12.5. The van der Waals surface area contributed by atoms with Crippen molar-refractivity contribution in [3.05, 3.63) is 45.4 Å². The van der Waals surface area contributed by atoms with Crippen molar-refractivity contribution in [2.75, 3.05) is 0 Å². The second-order valence-electron chi connectivity index (χ2n) is 5.50. The van der Waals surface area contributed by atoms with Crippen molar-refractivity contribution < 1.29 is 19.5 Å². The van der Waals surface area contributed by atoms with Crippen LogP contribution in [0.5, 0.6) is 0 Å². The van der Waals surface area contributed by atoms with Crippen molar-refractivity contribution in [2.45, 2.75) is 39.0 Å². The highest BCUT2D eigenvalue weighted by Crippen LogP contribution is 2.59. The molecule has 0 saturated carbocycles. The summed E-state index contributed by atoms with van der Waals surface area (Å²) in [7, 11) is -4.74. The zero-order valence-corrected chi connectivity index (χ0v) is 15.3. The quantitative estimate of drug-likeness (QED) is 0.687. The Balaban J connectivity index is 2.95. The van der Waals surface area contributed by atoms with E-state index in [0.717, 1.165) is 21.9 Å². The number of hydrogen-bond acceptors (Lipinski definition) is 2.